The summed E-state index contributed by atoms with van der Waals surface area (Å²) in [6.45, 7) is 0. The summed E-state index contributed by atoms with van der Waals surface area (Å²) in [6.07, 6.45) is 0. The van der Waals surface area contributed by atoms with Crippen molar-refractivity contribution in [2.45, 2.75) is 4.90 Å². The number of benzene rings is 1. The third kappa shape index (κ3) is 3.30. The van der Waals surface area contributed by atoms with Crippen molar-refractivity contribution in [1.82, 2.24) is 0 Å². The third-order valence-corrected chi connectivity index (χ3v) is 1.91. The molecular formula is C6H8O3PbS. The van der Waals surface area contributed by atoms with Crippen molar-refractivity contribution in [3.63, 3.8) is 0 Å². The molecule has 0 bridgehead atoms. The monoisotopic (exact) mass is 368 g/mol. The molecule has 0 aliphatic heterocycles. The second-order valence-electron chi connectivity index (χ2n) is 1.79. The van der Waals surface area contributed by atoms with Crippen LogP contribution in [0.2, 0.25) is 0 Å². The van der Waals surface area contributed by atoms with E-state index in [9.17, 15) is 8.42 Å². The van der Waals surface area contributed by atoms with E-state index >= 15 is 0 Å². The molecule has 0 aromatic heterocycles. The van der Waals surface area contributed by atoms with Crippen LogP contribution in [0.1, 0.15) is 0 Å². The van der Waals surface area contributed by atoms with Crippen LogP contribution in [0.25, 0.3) is 0 Å². The van der Waals surface area contributed by atoms with E-state index in [1.807, 2.05) is 0 Å². The topological polar surface area (TPSA) is 54.4 Å². The molecule has 0 atom stereocenters. The van der Waals surface area contributed by atoms with Crippen molar-refractivity contribution >= 4 is 37.4 Å². The molecule has 3 nitrogen and oxygen atoms in total. The van der Waals surface area contributed by atoms with Crippen molar-refractivity contribution in [2.24, 2.45) is 0 Å². The standard InChI is InChI=1S/C6H6O3S.Pb.2H/c7-10(8,9)6-4-2-1-3-5-6;;;/h1-5H,(H,7,8,9);;;. The van der Waals surface area contributed by atoms with Crippen molar-refractivity contribution in [3.8, 4) is 0 Å². The zero-order chi connectivity index (χ0) is 7.61. The van der Waals surface area contributed by atoms with Crippen molar-refractivity contribution in [3.05, 3.63) is 30.3 Å². The van der Waals surface area contributed by atoms with Crippen LogP contribution in [0.5, 0.6) is 0 Å². The van der Waals surface area contributed by atoms with Crippen molar-refractivity contribution in [1.29, 1.82) is 0 Å². The van der Waals surface area contributed by atoms with Gasteiger partial charge in [-0.1, -0.05) is 18.2 Å². The maximum absolute atomic E-state index is 10.4. The molecule has 1 rings (SSSR count). The molecule has 0 aliphatic carbocycles. The van der Waals surface area contributed by atoms with E-state index in [0.29, 0.717) is 0 Å². The van der Waals surface area contributed by atoms with Gasteiger partial charge in [0.15, 0.2) is 0 Å². The van der Waals surface area contributed by atoms with Gasteiger partial charge in [-0.2, -0.15) is 8.42 Å². The Morgan fingerprint density at radius 1 is 1.09 bits per heavy atom. The summed E-state index contributed by atoms with van der Waals surface area (Å²) >= 11 is 0. The maximum atomic E-state index is 10.4. The summed E-state index contributed by atoms with van der Waals surface area (Å²) in [4.78, 5) is -0.0741. The van der Waals surface area contributed by atoms with Crippen LogP contribution in [-0.2, 0) is 10.1 Å². The average Bonchev–Trinajstić information content (AvgIpc) is 1.88. The second-order valence-corrected chi connectivity index (χ2v) is 3.21. The fourth-order valence-electron chi connectivity index (χ4n) is 0.592. The molecule has 1 aromatic rings. The predicted molar refractivity (Wildman–Crippen MR) is 44.8 cm³/mol. The molecule has 0 saturated carbocycles. The summed E-state index contributed by atoms with van der Waals surface area (Å²) in [6, 6.07) is 7.42. The molecule has 0 amide bonds. The van der Waals surface area contributed by atoms with E-state index < -0.39 is 10.1 Å². The first-order chi connectivity index (χ1) is 4.61. The minimum absolute atomic E-state index is 0. The summed E-state index contributed by atoms with van der Waals surface area (Å²) in [5.41, 5.74) is 0. The van der Waals surface area contributed by atoms with Gasteiger partial charge in [-0.25, -0.2) is 0 Å². The molecule has 0 fully saturated rings. The Kier molecular flexibility index (Phi) is 4.19. The van der Waals surface area contributed by atoms with E-state index in [4.69, 9.17) is 4.55 Å². The van der Waals surface area contributed by atoms with Crippen LogP contribution in [-0.4, -0.2) is 40.3 Å². The summed E-state index contributed by atoms with van der Waals surface area (Å²) in [7, 11) is -4.00. The first kappa shape index (κ1) is 11.1. The summed E-state index contributed by atoms with van der Waals surface area (Å²) < 4.78 is 29.2. The molecule has 2 radical (unpaired) electrons. The van der Waals surface area contributed by atoms with Crippen molar-refractivity contribution in [2.75, 3.05) is 0 Å². The first-order valence-corrected chi connectivity index (χ1v) is 4.07. The summed E-state index contributed by atoms with van der Waals surface area (Å²) in [5, 5.41) is 0. The van der Waals surface area contributed by atoms with Crippen molar-refractivity contribution < 1.29 is 13.0 Å². The van der Waals surface area contributed by atoms with E-state index in [0.717, 1.165) is 0 Å². The van der Waals surface area contributed by atoms with Gasteiger partial charge in [0, 0.05) is 0 Å². The van der Waals surface area contributed by atoms with Gasteiger partial charge in [0.05, 0.1) is 4.90 Å². The van der Waals surface area contributed by atoms with Crippen LogP contribution in [0, 0.1) is 0 Å². The zero-order valence-corrected chi connectivity index (χ0v) is 12.1. The Bertz CT molecular complexity index is 306. The van der Waals surface area contributed by atoms with E-state index in [1.54, 1.807) is 18.2 Å². The molecule has 11 heavy (non-hydrogen) atoms. The van der Waals surface area contributed by atoms with Gasteiger partial charge in [0.25, 0.3) is 10.1 Å². The first-order valence-electron chi connectivity index (χ1n) is 2.63. The van der Waals surface area contributed by atoms with E-state index in [-0.39, 0.29) is 32.2 Å². The fourth-order valence-corrected chi connectivity index (χ4v) is 1.09. The molecule has 0 aliphatic rings. The van der Waals surface area contributed by atoms with Crippen LogP contribution in [0.15, 0.2) is 35.2 Å². The fraction of sp³-hybridized carbons (Fsp3) is 0. The Morgan fingerprint density at radius 2 is 1.55 bits per heavy atom. The predicted octanol–water partition coefficient (Wildman–Crippen LogP) is 0.0171. The molecule has 1 N–H and O–H groups in total. The van der Waals surface area contributed by atoms with Crippen LogP contribution in [0.4, 0.5) is 0 Å². The molecule has 0 heterocycles. The minimum atomic E-state index is -4.00. The normalized spacial score (nSPS) is 10.3. The van der Waals surface area contributed by atoms with Crippen LogP contribution >= 0.6 is 0 Å². The Labute approximate surface area is 85.3 Å². The molecule has 0 spiro atoms. The molecular weight excluding hydrogens is 359 g/mol. The van der Waals surface area contributed by atoms with E-state index in [2.05, 4.69) is 0 Å². The van der Waals surface area contributed by atoms with Gasteiger partial charge in [-0.15, -0.1) is 0 Å². The van der Waals surface area contributed by atoms with Gasteiger partial charge >= 0.3 is 27.3 Å². The third-order valence-electron chi connectivity index (χ3n) is 1.04. The van der Waals surface area contributed by atoms with Gasteiger partial charge in [-0.05, 0) is 12.1 Å². The Balaban J connectivity index is 0.000001000. The number of hydrogen-bond donors (Lipinski definition) is 1. The van der Waals surface area contributed by atoms with Crippen LogP contribution in [0.3, 0.4) is 0 Å². The SMILES string of the molecule is O=S(=O)(O)c1ccccc1.[PbH2]. The Hall–Kier alpha value is 0.0521. The van der Waals surface area contributed by atoms with Crippen LogP contribution < -0.4 is 0 Å². The second kappa shape index (κ2) is 4.17. The number of hydrogen-bond acceptors (Lipinski definition) is 2. The van der Waals surface area contributed by atoms with Gasteiger partial charge < -0.3 is 0 Å². The molecule has 5 heteroatoms. The van der Waals surface area contributed by atoms with Gasteiger partial charge in [-0.3, -0.25) is 4.55 Å². The molecule has 0 unspecified atom stereocenters. The Morgan fingerprint density at radius 3 is 1.82 bits per heavy atom. The quantitative estimate of drug-likeness (QED) is 0.562. The molecule has 0 saturated heterocycles. The molecule has 60 valence electrons. The van der Waals surface area contributed by atoms with Gasteiger partial charge in [0.1, 0.15) is 0 Å². The zero-order valence-electron chi connectivity index (χ0n) is 5.77. The average molecular weight is 367 g/mol. The van der Waals surface area contributed by atoms with Gasteiger partial charge in [0.2, 0.25) is 0 Å². The van der Waals surface area contributed by atoms with E-state index in [1.165, 1.54) is 12.1 Å². The summed E-state index contributed by atoms with van der Waals surface area (Å²) in [5.74, 6) is 0. The molecule has 1 aromatic carbocycles. The number of rotatable bonds is 1.